The standard InChI is InChI=1S/C16H25N5/c1-16(2,3)14-10-13-15(17-7-9-21(13)19-14)18-12-6-5-8-20(4)11-12/h7,9-10,12H,5-6,8,11H2,1-4H3,(H,17,18). The van der Waals surface area contributed by atoms with Gasteiger partial charge in [-0.3, -0.25) is 0 Å². The van der Waals surface area contributed by atoms with Gasteiger partial charge in [0.1, 0.15) is 5.52 Å². The minimum Gasteiger partial charge on any atom is -0.364 e. The van der Waals surface area contributed by atoms with Gasteiger partial charge in [0.15, 0.2) is 5.82 Å². The van der Waals surface area contributed by atoms with Crippen molar-refractivity contribution >= 4 is 11.3 Å². The van der Waals surface area contributed by atoms with E-state index in [0.717, 1.165) is 23.6 Å². The van der Waals surface area contributed by atoms with Gasteiger partial charge in [-0.15, -0.1) is 0 Å². The highest BCUT2D eigenvalue weighted by Crippen LogP contribution is 2.25. The van der Waals surface area contributed by atoms with Gasteiger partial charge in [-0.25, -0.2) is 9.50 Å². The second-order valence-electron chi connectivity index (χ2n) is 7.13. The third kappa shape index (κ3) is 3.02. The van der Waals surface area contributed by atoms with Gasteiger partial charge in [0.05, 0.1) is 5.69 Å². The third-order valence-electron chi connectivity index (χ3n) is 4.12. The van der Waals surface area contributed by atoms with Gasteiger partial charge < -0.3 is 10.2 Å². The van der Waals surface area contributed by atoms with Crippen molar-refractivity contribution in [2.24, 2.45) is 0 Å². The Morgan fingerprint density at radius 2 is 2.14 bits per heavy atom. The molecule has 0 amide bonds. The molecule has 1 N–H and O–H groups in total. The summed E-state index contributed by atoms with van der Waals surface area (Å²) < 4.78 is 1.93. The minimum absolute atomic E-state index is 0.0499. The molecule has 21 heavy (non-hydrogen) atoms. The van der Waals surface area contributed by atoms with Crippen molar-refractivity contribution in [2.75, 3.05) is 25.5 Å². The first kappa shape index (κ1) is 14.3. The first-order valence-electron chi connectivity index (χ1n) is 7.73. The molecule has 0 bridgehead atoms. The maximum atomic E-state index is 4.68. The highest BCUT2D eigenvalue weighted by atomic mass is 15.2. The smallest absolute Gasteiger partial charge is 0.152 e. The average Bonchev–Trinajstić information content (AvgIpc) is 2.84. The molecule has 0 spiro atoms. The van der Waals surface area contributed by atoms with Gasteiger partial charge in [-0.1, -0.05) is 20.8 Å². The summed E-state index contributed by atoms with van der Waals surface area (Å²) in [7, 11) is 2.18. The quantitative estimate of drug-likeness (QED) is 0.922. The van der Waals surface area contributed by atoms with Gasteiger partial charge >= 0.3 is 0 Å². The molecular weight excluding hydrogens is 262 g/mol. The van der Waals surface area contributed by atoms with Crippen molar-refractivity contribution < 1.29 is 0 Å². The molecule has 2 aromatic heterocycles. The molecule has 1 unspecified atom stereocenters. The van der Waals surface area contributed by atoms with Gasteiger partial charge in [0.25, 0.3) is 0 Å². The molecule has 5 nitrogen and oxygen atoms in total. The topological polar surface area (TPSA) is 45.5 Å². The molecule has 1 saturated heterocycles. The Morgan fingerprint density at radius 1 is 1.33 bits per heavy atom. The summed E-state index contributed by atoms with van der Waals surface area (Å²) in [5.41, 5.74) is 2.21. The molecule has 0 saturated carbocycles. The predicted octanol–water partition coefficient (Wildman–Crippen LogP) is 2.53. The van der Waals surface area contributed by atoms with Gasteiger partial charge in [0.2, 0.25) is 0 Å². The van der Waals surface area contributed by atoms with Crippen LogP contribution in [0.1, 0.15) is 39.3 Å². The van der Waals surface area contributed by atoms with Crippen molar-refractivity contribution in [3.63, 3.8) is 0 Å². The lowest BCUT2D eigenvalue weighted by atomic mass is 9.92. The minimum atomic E-state index is 0.0499. The Balaban J connectivity index is 1.89. The van der Waals surface area contributed by atoms with Gasteiger partial charge in [-0.05, 0) is 32.5 Å². The van der Waals surface area contributed by atoms with E-state index in [0.29, 0.717) is 6.04 Å². The van der Waals surface area contributed by atoms with E-state index in [2.05, 4.69) is 54.2 Å². The van der Waals surface area contributed by atoms with Crippen LogP contribution in [0.4, 0.5) is 5.82 Å². The van der Waals surface area contributed by atoms with Crippen molar-refractivity contribution in [1.82, 2.24) is 19.5 Å². The molecule has 5 heteroatoms. The van der Waals surface area contributed by atoms with E-state index in [-0.39, 0.29) is 5.41 Å². The molecular formula is C16H25N5. The molecule has 1 atom stereocenters. The van der Waals surface area contributed by atoms with Crippen molar-refractivity contribution in [3.05, 3.63) is 24.2 Å². The molecule has 1 aliphatic heterocycles. The lowest BCUT2D eigenvalue weighted by Gasteiger charge is -2.30. The first-order chi connectivity index (χ1) is 9.93. The summed E-state index contributed by atoms with van der Waals surface area (Å²) in [6, 6.07) is 2.62. The molecule has 0 aliphatic carbocycles. The number of likely N-dealkylation sites (tertiary alicyclic amines) is 1. The summed E-state index contributed by atoms with van der Waals surface area (Å²) in [6.45, 7) is 8.82. The third-order valence-corrected chi connectivity index (χ3v) is 4.12. The van der Waals surface area contributed by atoms with Crippen LogP contribution >= 0.6 is 0 Å². The van der Waals surface area contributed by atoms with Crippen LogP contribution in [0.5, 0.6) is 0 Å². The second kappa shape index (κ2) is 5.30. The average molecular weight is 287 g/mol. The number of anilines is 1. The van der Waals surface area contributed by atoms with E-state index in [1.165, 1.54) is 19.4 Å². The number of aromatic nitrogens is 3. The maximum absolute atomic E-state index is 4.68. The fourth-order valence-electron chi connectivity index (χ4n) is 2.88. The molecule has 0 aromatic carbocycles. The number of rotatable bonds is 2. The van der Waals surface area contributed by atoms with E-state index in [9.17, 15) is 0 Å². The monoisotopic (exact) mass is 287 g/mol. The molecule has 114 valence electrons. The van der Waals surface area contributed by atoms with Crippen LogP contribution in [0.2, 0.25) is 0 Å². The molecule has 2 aromatic rings. The number of piperidine rings is 1. The summed E-state index contributed by atoms with van der Waals surface area (Å²) >= 11 is 0. The first-order valence-corrected chi connectivity index (χ1v) is 7.73. The van der Waals surface area contributed by atoms with E-state index >= 15 is 0 Å². The van der Waals surface area contributed by atoms with E-state index < -0.39 is 0 Å². The fourth-order valence-corrected chi connectivity index (χ4v) is 2.88. The Morgan fingerprint density at radius 3 is 2.86 bits per heavy atom. The summed E-state index contributed by atoms with van der Waals surface area (Å²) in [5.74, 6) is 0.945. The predicted molar refractivity (Wildman–Crippen MR) is 85.8 cm³/mol. The SMILES string of the molecule is CN1CCCC(Nc2nccn3nc(C(C)(C)C)cc23)C1. The van der Waals surface area contributed by atoms with Crippen LogP contribution in [0.3, 0.4) is 0 Å². The highest BCUT2D eigenvalue weighted by Gasteiger charge is 2.21. The maximum Gasteiger partial charge on any atom is 0.152 e. The van der Waals surface area contributed by atoms with Crippen molar-refractivity contribution in [2.45, 2.75) is 45.1 Å². The summed E-state index contributed by atoms with van der Waals surface area (Å²) in [4.78, 5) is 6.90. The molecule has 1 fully saturated rings. The molecule has 3 heterocycles. The molecule has 3 rings (SSSR count). The van der Waals surface area contributed by atoms with Crippen LogP contribution in [-0.4, -0.2) is 45.7 Å². The Hall–Kier alpha value is -1.62. The van der Waals surface area contributed by atoms with E-state index in [4.69, 9.17) is 0 Å². The zero-order chi connectivity index (χ0) is 15.0. The Labute approximate surface area is 126 Å². The van der Waals surface area contributed by atoms with Crippen molar-refractivity contribution in [1.29, 1.82) is 0 Å². The lowest BCUT2D eigenvalue weighted by Crippen LogP contribution is -2.39. The lowest BCUT2D eigenvalue weighted by molar-refractivity contribution is 0.261. The number of nitrogens with one attached hydrogen (secondary N) is 1. The van der Waals surface area contributed by atoms with Crippen molar-refractivity contribution in [3.8, 4) is 0 Å². The van der Waals surface area contributed by atoms with E-state index in [1.807, 2.05) is 16.9 Å². The van der Waals surface area contributed by atoms with Crippen LogP contribution < -0.4 is 5.32 Å². The molecule has 0 radical (unpaired) electrons. The second-order valence-corrected chi connectivity index (χ2v) is 7.13. The van der Waals surface area contributed by atoms with Crippen LogP contribution in [0, 0.1) is 0 Å². The zero-order valence-electron chi connectivity index (χ0n) is 13.4. The largest absolute Gasteiger partial charge is 0.364 e. The zero-order valence-corrected chi connectivity index (χ0v) is 13.4. The van der Waals surface area contributed by atoms with Gasteiger partial charge in [0, 0.05) is 30.4 Å². The summed E-state index contributed by atoms with van der Waals surface area (Å²) in [5, 5.41) is 8.28. The highest BCUT2D eigenvalue weighted by molar-refractivity contribution is 5.68. The number of likely N-dealkylation sites (N-methyl/N-ethyl adjacent to an activating group) is 1. The fraction of sp³-hybridized carbons (Fsp3) is 0.625. The molecule has 1 aliphatic rings. The Bertz CT molecular complexity index is 625. The van der Waals surface area contributed by atoms with Gasteiger partial charge in [-0.2, -0.15) is 5.10 Å². The van der Waals surface area contributed by atoms with E-state index in [1.54, 1.807) is 0 Å². The number of nitrogens with zero attached hydrogens (tertiary/aromatic N) is 4. The van der Waals surface area contributed by atoms with Crippen LogP contribution in [0.15, 0.2) is 18.5 Å². The van der Waals surface area contributed by atoms with Crippen LogP contribution in [0.25, 0.3) is 5.52 Å². The normalized spacial score (nSPS) is 20.9. The Kier molecular flexibility index (Phi) is 3.61. The number of hydrogen-bond donors (Lipinski definition) is 1. The summed E-state index contributed by atoms with van der Waals surface area (Å²) in [6.07, 6.45) is 6.18. The number of hydrogen-bond acceptors (Lipinski definition) is 4. The van der Waals surface area contributed by atoms with Crippen LogP contribution in [-0.2, 0) is 5.41 Å². The number of fused-ring (bicyclic) bond motifs is 1.